The Morgan fingerprint density at radius 2 is 2.07 bits per heavy atom. The van der Waals surface area contributed by atoms with E-state index >= 15 is 0 Å². The normalized spacial score (nSPS) is 18.9. The van der Waals surface area contributed by atoms with Crippen LogP contribution in [-0.4, -0.2) is 42.1 Å². The van der Waals surface area contributed by atoms with Crippen molar-refractivity contribution in [3.63, 3.8) is 0 Å². The highest BCUT2D eigenvalue weighted by molar-refractivity contribution is 8.00. The number of carbonyl (C=O) groups excluding carboxylic acids is 1. The lowest BCUT2D eigenvalue weighted by atomic mass is 10.1. The average Bonchev–Trinajstić information content (AvgIpc) is 2.74. The van der Waals surface area contributed by atoms with Crippen LogP contribution in [0.1, 0.15) is 32.6 Å². The topological polar surface area (TPSA) is 32.3 Å². The van der Waals surface area contributed by atoms with Crippen molar-refractivity contribution in [2.75, 3.05) is 26.4 Å². The summed E-state index contributed by atoms with van der Waals surface area (Å²) in [5, 5.41) is 3.03. The van der Waals surface area contributed by atoms with Crippen LogP contribution in [0.3, 0.4) is 0 Å². The molecule has 0 aromatic carbocycles. The lowest BCUT2D eigenvalue weighted by Gasteiger charge is -2.28. The van der Waals surface area contributed by atoms with Gasteiger partial charge in [0.05, 0.1) is 0 Å². The maximum Gasteiger partial charge on any atom is 0.317 e. The molecule has 0 aliphatic heterocycles. The number of hydrogen-bond donors (Lipinski definition) is 1. The SMILES string of the molecule is CCN(C)C(=O)NCC1(SC)CCCC1. The third-order valence-electron chi connectivity index (χ3n) is 3.33. The summed E-state index contributed by atoms with van der Waals surface area (Å²) in [6.07, 6.45) is 7.25. The van der Waals surface area contributed by atoms with Crippen molar-refractivity contribution in [2.45, 2.75) is 37.4 Å². The molecule has 1 saturated carbocycles. The second-order valence-corrected chi connectivity index (χ2v) is 5.54. The molecule has 0 aromatic heterocycles. The zero-order valence-electron chi connectivity index (χ0n) is 10.0. The van der Waals surface area contributed by atoms with E-state index in [-0.39, 0.29) is 6.03 Å². The fraction of sp³-hybridized carbons (Fsp3) is 0.909. The van der Waals surface area contributed by atoms with Gasteiger partial charge in [-0.2, -0.15) is 11.8 Å². The monoisotopic (exact) mass is 230 g/mol. The van der Waals surface area contributed by atoms with Gasteiger partial charge in [-0.1, -0.05) is 12.8 Å². The van der Waals surface area contributed by atoms with Crippen LogP contribution in [0, 0.1) is 0 Å². The van der Waals surface area contributed by atoms with Gasteiger partial charge in [0.15, 0.2) is 0 Å². The van der Waals surface area contributed by atoms with Crippen LogP contribution < -0.4 is 5.32 Å². The number of hydrogen-bond acceptors (Lipinski definition) is 2. The van der Waals surface area contributed by atoms with E-state index < -0.39 is 0 Å². The number of nitrogens with one attached hydrogen (secondary N) is 1. The molecule has 2 amide bonds. The van der Waals surface area contributed by atoms with Gasteiger partial charge in [0.25, 0.3) is 0 Å². The van der Waals surface area contributed by atoms with Gasteiger partial charge in [0.1, 0.15) is 0 Å². The smallest absolute Gasteiger partial charge is 0.317 e. The largest absolute Gasteiger partial charge is 0.337 e. The molecule has 88 valence electrons. The van der Waals surface area contributed by atoms with E-state index in [9.17, 15) is 4.79 Å². The van der Waals surface area contributed by atoms with Crippen molar-refractivity contribution < 1.29 is 4.79 Å². The molecule has 3 nitrogen and oxygen atoms in total. The van der Waals surface area contributed by atoms with E-state index in [2.05, 4.69) is 11.6 Å². The quantitative estimate of drug-likeness (QED) is 0.804. The second kappa shape index (κ2) is 5.64. The minimum absolute atomic E-state index is 0.0535. The van der Waals surface area contributed by atoms with Gasteiger partial charge >= 0.3 is 6.03 Å². The lowest BCUT2D eigenvalue weighted by molar-refractivity contribution is 0.210. The lowest BCUT2D eigenvalue weighted by Crippen LogP contribution is -2.44. The van der Waals surface area contributed by atoms with Crippen molar-refractivity contribution in [1.82, 2.24) is 10.2 Å². The van der Waals surface area contributed by atoms with Crippen LogP contribution >= 0.6 is 11.8 Å². The number of thioether (sulfide) groups is 1. The molecule has 0 heterocycles. The standard InChI is InChI=1S/C11H22N2OS/c1-4-13(2)10(14)12-9-11(15-3)7-5-6-8-11/h4-9H2,1-3H3,(H,12,14). The minimum atomic E-state index is 0.0535. The van der Waals surface area contributed by atoms with Gasteiger partial charge in [0.2, 0.25) is 0 Å². The summed E-state index contributed by atoms with van der Waals surface area (Å²) in [5.41, 5.74) is 0. The van der Waals surface area contributed by atoms with Crippen LogP contribution in [0.2, 0.25) is 0 Å². The Morgan fingerprint density at radius 1 is 1.47 bits per heavy atom. The Kier molecular flexibility index (Phi) is 4.77. The van der Waals surface area contributed by atoms with E-state index in [4.69, 9.17) is 0 Å². The predicted molar refractivity (Wildman–Crippen MR) is 66.4 cm³/mol. The van der Waals surface area contributed by atoms with Crippen LogP contribution in [0.25, 0.3) is 0 Å². The number of amides is 2. The van der Waals surface area contributed by atoms with E-state index in [1.807, 2.05) is 25.7 Å². The Hall–Kier alpha value is -0.380. The Morgan fingerprint density at radius 3 is 2.53 bits per heavy atom. The van der Waals surface area contributed by atoms with Gasteiger partial charge < -0.3 is 10.2 Å². The Balaban J connectivity index is 2.37. The zero-order chi connectivity index (χ0) is 11.3. The van der Waals surface area contributed by atoms with Crippen LogP contribution in [-0.2, 0) is 0 Å². The maximum atomic E-state index is 11.6. The fourth-order valence-electron chi connectivity index (χ4n) is 1.99. The second-order valence-electron chi connectivity index (χ2n) is 4.27. The van der Waals surface area contributed by atoms with Crippen molar-refractivity contribution >= 4 is 17.8 Å². The van der Waals surface area contributed by atoms with Gasteiger partial charge in [0, 0.05) is 24.9 Å². The van der Waals surface area contributed by atoms with E-state index in [0.717, 1.165) is 13.1 Å². The molecule has 0 aromatic rings. The maximum absolute atomic E-state index is 11.6. The van der Waals surface area contributed by atoms with Crippen LogP contribution in [0.4, 0.5) is 4.79 Å². The number of carbonyl (C=O) groups is 1. The first kappa shape index (κ1) is 12.7. The van der Waals surface area contributed by atoms with Crippen molar-refractivity contribution in [3.05, 3.63) is 0 Å². The third kappa shape index (κ3) is 3.30. The minimum Gasteiger partial charge on any atom is -0.337 e. The number of rotatable bonds is 4. The summed E-state index contributed by atoms with van der Waals surface area (Å²) in [4.78, 5) is 13.3. The Labute approximate surface area is 97.0 Å². The molecule has 1 rings (SSSR count). The highest BCUT2D eigenvalue weighted by Gasteiger charge is 2.33. The van der Waals surface area contributed by atoms with Gasteiger partial charge in [-0.05, 0) is 26.0 Å². The van der Waals surface area contributed by atoms with E-state index in [1.54, 1.807) is 4.90 Å². The summed E-state index contributed by atoms with van der Waals surface area (Å²) in [7, 11) is 1.83. The zero-order valence-corrected chi connectivity index (χ0v) is 10.8. The summed E-state index contributed by atoms with van der Waals surface area (Å²) < 4.78 is 0.310. The number of nitrogens with zero attached hydrogens (tertiary/aromatic N) is 1. The molecule has 0 saturated heterocycles. The van der Waals surface area contributed by atoms with Crippen molar-refractivity contribution in [2.24, 2.45) is 0 Å². The first-order chi connectivity index (χ1) is 7.13. The molecule has 1 aliphatic rings. The molecule has 1 aliphatic carbocycles. The fourth-order valence-corrected chi connectivity index (χ4v) is 2.90. The summed E-state index contributed by atoms with van der Waals surface area (Å²) >= 11 is 1.91. The first-order valence-corrected chi connectivity index (χ1v) is 6.90. The summed E-state index contributed by atoms with van der Waals surface area (Å²) in [6.45, 7) is 3.56. The molecule has 0 atom stereocenters. The molecule has 4 heteroatoms. The Bertz CT molecular complexity index is 215. The molecule has 0 unspecified atom stereocenters. The van der Waals surface area contributed by atoms with Crippen LogP contribution in [0.5, 0.6) is 0 Å². The first-order valence-electron chi connectivity index (χ1n) is 5.67. The summed E-state index contributed by atoms with van der Waals surface area (Å²) in [6, 6.07) is 0.0535. The number of urea groups is 1. The molecule has 0 spiro atoms. The highest BCUT2D eigenvalue weighted by Crippen LogP contribution is 2.39. The molecule has 1 N–H and O–H groups in total. The molecule has 0 radical (unpaired) electrons. The van der Waals surface area contributed by atoms with Crippen LogP contribution in [0.15, 0.2) is 0 Å². The summed E-state index contributed by atoms with van der Waals surface area (Å²) in [5.74, 6) is 0. The molecular weight excluding hydrogens is 208 g/mol. The molecule has 15 heavy (non-hydrogen) atoms. The van der Waals surface area contributed by atoms with E-state index in [1.165, 1.54) is 25.7 Å². The van der Waals surface area contributed by atoms with Gasteiger partial charge in [-0.25, -0.2) is 4.79 Å². The molecule has 0 bridgehead atoms. The predicted octanol–water partition coefficient (Wildman–Crippen LogP) is 2.32. The third-order valence-corrected chi connectivity index (χ3v) is 4.75. The van der Waals surface area contributed by atoms with Gasteiger partial charge in [-0.15, -0.1) is 0 Å². The van der Waals surface area contributed by atoms with Crippen molar-refractivity contribution in [3.8, 4) is 0 Å². The van der Waals surface area contributed by atoms with Gasteiger partial charge in [-0.3, -0.25) is 0 Å². The van der Waals surface area contributed by atoms with Crippen molar-refractivity contribution in [1.29, 1.82) is 0 Å². The highest BCUT2D eigenvalue weighted by atomic mass is 32.2. The average molecular weight is 230 g/mol. The molecule has 1 fully saturated rings. The van der Waals surface area contributed by atoms with E-state index in [0.29, 0.717) is 4.75 Å². The molecular formula is C11H22N2OS.